The second-order valence-corrected chi connectivity index (χ2v) is 4.28. The van der Waals surface area contributed by atoms with Crippen molar-refractivity contribution in [2.24, 2.45) is 0 Å². The molecular weight excluding hydrogens is 261 g/mol. The Kier molecular flexibility index (Phi) is 6.47. The number of halogens is 2. The summed E-state index contributed by atoms with van der Waals surface area (Å²) in [5, 5.41) is 10.7. The van der Waals surface area contributed by atoms with Crippen molar-refractivity contribution in [3.63, 3.8) is 0 Å². The van der Waals surface area contributed by atoms with Crippen LogP contribution in [0.25, 0.3) is 0 Å². The summed E-state index contributed by atoms with van der Waals surface area (Å²) in [7, 11) is 0. The standard InChI is InChI=1S/C10H17Cl2N5/c1-3-6-17(4-2)7-5-13-9-8(11)15-16-10(12)14-9/h3-7H2,1-2H3,(H,13,14,16). The Morgan fingerprint density at radius 2 is 1.94 bits per heavy atom. The first kappa shape index (κ1) is 14.4. The van der Waals surface area contributed by atoms with Gasteiger partial charge in [0.1, 0.15) is 0 Å². The lowest BCUT2D eigenvalue weighted by atomic mass is 10.4. The number of likely N-dealkylation sites (N-methyl/N-ethyl adjacent to an activating group) is 1. The second-order valence-electron chi connectivity index (χ2n) is 3.58. The van der Waals surface area contributed by atoms with Crippen LogP contribution < -0.4 is 5.32 Å². The van der Waals surface area contributed by atoms with Gasteiger partial charge in [0.25, 0.3) is 0 Å². The SMILES string of the molecule is CCCN(CC)CCNc1nc(Cl)nnc1Cl. The lowest BCUT2D eigenvalue weighted by Gasteiger charge is -2.19. The third-order valence-electron chi connectivity index (χ3n) is 2.33. The minimum Gasteiger partial charge on any atom is -0.366 e. The molecule has 0 saturated carbocycles. The van der Waals surface area contributed by atoms with Crippen molar-refractivity contribution in [1.82, 2.24) is 20.1 Å². The van der Waals surface area contributed by atoms with Gasteiger partial charge >= 0.3 is 0 Å². The number of anilines is 1. The highest BCUT2D eigenvalue weighted by Gasteiger charge is 2.06. The zero-order valence-electron chi connectivity index (χ0n) is 10.1. The van der Waals surface area contributed by atoms with Gasteiger partial charge in [-0.05, 0) is 31.1 Å². The fourth-order valence-electron chi connectivity index (χ4n) is 1.48. The van der Waals surface area contributed by atoms with Crippen molar-refractivity contribution in [3.8, 4) is 0 Å². The molecular formula is C10H17Cl2N5. The summed E-state index contributed by atoms with van der Waals surface area (Å²) in [5.41, 5.74) is 0. The first-order valence-corrected chi connectivity index (χ1v) is 6.44. The third kappa shape index (κ3) is 5.02. The maximum atomic E-state index is 5.84. The van der Waals surface area contributed by atoms with Gasteiger partial charge in [-0.3, -0.25) is 0 Å². The monoisotopic (exact) mass is 277 g/mol. The fraction of sp³-hybridized carbons (Fsp3) is 0.700. The van der Waals surface area contributed by atoms with Gasteiger partial charge in [-0.25, -0.2) is 0 Å². The molecule has 96 valence electrons. The summed E-state index contributed by atoms with van der Waals surface area (Å²) in [6, 6.07) is 0. The molecule has 1 heterocycles. The van der Waals surface area contributed by atoms with Crippen LogP contribution in [-0.4, -0.2) is 46.3 Å². The number of nitrogens with one attached hydrogen (secondary N) is 1. The Hall–Kier alpha value is -0.650. The molecule has 0 spiro atoms. The molecule has 0 saturated heterocycles. The summed E-state index contributed by atoms with van der Waals surface area (Å²) in [6.45, 7) is 8.12. The number of hydrogen-bond acceptors (Lipinski definition) is 5. The molecule has 5 nitrogen and oxygen atoms in total. The van der Waals surface area contributed by atoms with E-state index in [1.165, 1.54) is 0 Å². The van der Waals surface area contributed by atoms with E-state index in [0.717, 1.165) is 32.6 Å². The van der Waals surface area contributed by atoms with Gasteiger partial charge in [-0.1, -0.05) is 25.4 Å². The molecule has 0 aliphatic heterocycles. The second kappa shape index (κ2) is 7.63. The highest BCUT2D eigenvalue weighted by molar-refractivity contribution is 6.32. The Bertz CT molecular complexity index is 347. The predicted octanol–water partition coefficient (Wildman–Crippen LogP) is 2.32. The Morgan fingerprint density at radius 3 is 2.59 bits per heavy atom. The van der Waals surface area contributed by atoms with E-state index in [4.69, 9.17) is 23.2 Å². The molecule has 1 rings (SSSR count). The van der Waals surface area contributed by atoms with Crippen molar-refractivity contribution >= 4 is 29.0 Å². The molecule has 0 aliphatic rings. The van der Waals surface area contributed by atoms with E-state index in [2.05, 4.69) is 39.2 Å². The van der Waals surface area contributed by atoms with Gasteiger partial charge in [-0.15, -0.1) is 10.2 Å². The van der Waals surface area contributed by atoms with E-state index in [9.17, 15) is 0 Å². The van der Waals surface area contributed by atoms with Crippen LogP contribution in [0.3, 0.4) is 0 Å². The maximum Gasteiger partial charge on any atom is 0.245 e. The van der Waals surface area contributed by atoms with Crippen LogP contribution >= 0.6 is 23.2 Å². The van der Waals surface area contributed by atoms with Gasteiger partial charge in [0.05, 0.1) is 0 Å². The number of nitrogens with zero attached hydrogens (tertiary/aromatic N) is 4. The number of aromatic nitrogens is 3. The first-order chi connectivity index (χ1) is 8.17. The Morgan fingerprint density at radius 1 is 1.18 bits per heavy atom. The lowest BCUT2D eigenvalue weighted by molar-refractivity contribution is 0.300. The molecule has 1 aromatic heterocycles. The van der Waals surface area contributed by atoms with Crippen LogP contribution in [-0.2, 0) is 0 Å². The highest BCUT2D eigenvalue weighted by atomic mass is 35.5. The molecule has 0 fully saturated rings. The normalized spacial score (nSPS) is 10.9. The Balaban J connectivity index is 2.42. The quantitative estimate of drug-likeness (QED) is 0.829. The summed E-state index contributed by atoms with van der Waals surface area (Å²) < 4.78 is 0. The maximum absolute atomic E-state index is 5.84. The zero-order chi connectivity index (χ0) is 12.7. The average Bonchev–Trinajstić information content (AvgIpc) is 2.32. The largest absolute Gasteiger partial charge is 0.366 e. The topological polar surface area (TPSA) is 53.9 Å². The summed E-state index contributed by atoms with van der Waals surface area (Å²) in [4.78, 5) is 6.32. The minimum atomic E-state index is 0.0952. The molecule has 0 unspecified atom stereocenters. The number of hydrogen-bond donors (Lipinski definition) is 1. The summed E-state index contributed by atoms with van der Waals surface area (Å²) in [6.07, 6.45) is 1.15. The van der Waals surface area contributed by atoms with Crippen molar-refractivity contribution < 1.29 is 0 Å². The van der Waals surface area contributed by atoms with Gasteiger partial charge in [0.15, 0.2) is 11.0 Å². The summed E-state index contributed by atoms with van der Waals surface area (Å²) in [5.74, 6) is 0.485. The zero-order valence-corrected chi connectivity index (χ0v) is 11.6. The molecule has 0 aromatic carbocycles. The van der Waals surface area contributed by atoms with Gasteiger partial charge in [-0.2, -0.15) is 4.98 Å². The fourth-order valence-corrected chi connectivity index (χ4v) is 1.75. The van der Waals surface area contributed by atoms with Crippen LogP contribution in [0.15, 0.2) is 0 Å². The molecule has 1 N–H and O–H groups in total. The van der Waals surface area contributed by atoms with Crippen LogP contribution in [0.1, 0.15) is 20.3 Å². The smallest absolute Gasteiger partial charge is 0.245 e. The van der Waals surface area contributed by atoms with Crippen LogP contribution in [0, 0.1) is 0 Å². The van der Waals surface area contributed by atoms with E-state index >= 15 is 0 Å². The van der Waals surface area contributed by atoms with E-state index < -0.39 is 0 Å². The van der Waals surface area contributed by atoms with Gasteiger partial charge < -0.3 is 10.2 Å². The van der Waals surface area contributed by atoms with Crippen molar-refractivity contribution in [2.75, 3.05) is 31.5 Å². The molecule has 17 heavy (non-hydrogen) atoms. The van der Waals surface area contributed by atoms with Crippen LogP contribution in [0.4, 0.5) is 5.82 Å². The summed E-state index contributed by atoms with van der Waals surface area (Å²) >= 11 is 11.5. The van der Waals surface area contributed by atoms with Crippen molar-refractivity contribution in [1.29, 1.82) is 0 Å². The third-order valence-corrected chi connectivity index (χ3v) is 2.74. The first-order valence-electron chi connectivity index (χ1n) is 5.69. The molecule has 0 atom stereocenters. The van der Waals surface area contributed by atoms with Crippen molar-refractivity contribution in [2.45, 2.75) is 20.3 Å². The molecule has 0 aliphatic carbocycles. The van der Waals surface area contributed by atoms with Crippen LogP contribution in [0.5, 0.6) is 0 Å². The molecule has 0 radical (unpaired) electrons. The highest BCUT2D eigenvalue weighted by Crippen LogP contribution is 2.15. The van der Waals surface area contributed by atoms with E-state index in [0.29, 0.717) is 5.82 Å². The minimum absolute atomic E-state index is 0.0952. The predicted molar refractivity (Wildman–Crippen MR) is 70.7 cm³/mol. The van der Waals surface area contributed by atoms with E-state index in [1.54, 1.807) is 0 Å². The molecule has 0 bridgehead atoms. The van der Waals surface area contributed by atoms with Gasteiger partial charge in [0, 0.05) is 13.1 Å². The van der Waals surface area contributed by atoms with Gasteiger partial charge in [0.2, 0.25) is 5.28 Å². The van der Waals surface area contributed by atoms with E-state index in [-0.39, 0.29) is 10.4 Å². The number of rotatable bonds is 7. The van der Waals surface area contributed by atoms with Crippen molar-refractivity contribution in [3.05, 3.63) is 10.4 Å². The Labute approximate surface area is 112 Å². The average molecular weight is 278 g/mol. The van der Waals surface area contributed by atoms with Crippen LogP contribution in [0.2, 0.25) is 10.4 Å². The van der Waals surface area contributed by atoms with E-state index in [1.807, 2.05) is 0 Å². The molecule has 7 heteroatoms. The molecule has 0 amide bonds. The molecule has 1 aromatic rings. The lowest BCUT2D eigenvalue weighted by Crippen LogP contribution is -2.29.